The molecule has 19 heavy (non-hydrogen) atoms. The second-order valence-electron chi connectivity index (χ2n) is 4.60. The van der Waals surface area contributed by atoms with Gasteiger partial charge in [-0.2, -0.15) is 0 Å². The van der Waals surface area contributed by atoms with Crippen LogP contribution in [0.3, 0.4) is 0 Å². The lowest BCUT2D eigenvalue weighted by Gasteiger charge is -2.01. The first-order valence-corrected chi connectivity index (χ1v) is 6.06. The molecule has 1 atom stereocenters. The van der Waals surface area contributed by atoms with Gasteiger partial charge in [-0.05, 0) is 28.8 Å². The molecule has 0 spiro atoms. The second-order valence-corrected chi connectivity index (χ2v) is 4.60. The highest BCUT2D eigenvalue weighted by Crippen LogP contribution is 2.54. The summed E-state index contributed by atoms with van der Waals surface area (Å²) < 4.78 is 0. The van der Waals surface area contributed by atoms with Crippen LogP contribution >= 0.6 is 0 Å². The average Bonchev–Trinajstić information content (AvgIpc) is 3.16. The van der Waals surface area contributed by atoms with Crippen molar-refractivity contribution in [1.29, 1.82) is 0 Å². The van der Waals surface area contributed by atoms with Crippen molar-refractivity contribution in [3.63, 3.8) is 0 Å². The molecule has 0 amide bonds. The molecule has 2 aromatic carbocycles. The Morgan fingerprint density at radius 2 is 1.63 bits per heavy atom. The highest BCUT2D eigenvalue weighted by atomic mass is 16.4. The SMILES string of the molecule is Nc1ccc(C2=C(C(=O)O)C2c2ccccc2)cc1. The molecule has 2 aromatic rings. The minimum Gasteiger partial charge on any atom is -0.478 e. The Morgan fingerprint density at radius 3 is 2.21 bits per heavy atom. The van der Waals surface area contributed by atoms with Gasteiger partial charge in [0.1, 0.15) is 0 Å². The van der Waals surface area contributed by atoms with Crippen LogP contribution in [0, 0.1) is 0 Å². The molecule has 3 N–H and O–H groups in total. The fourth-order valence-corrected chi connectivity index (χ4v) is 2.42. The minimum atomic E-state index is -0.847. The predicted octanol–water partition coefficient (Wildman–Crippen LogP) is 2.90. The topological polar surface area (TPSA) is 63.3 Å². The standard InChI is InChI=1S/C16H13NO2/c17-12-8-6-11(7-9-12)14-13(15(14)16(18)19)10-4-2-1-3-5-10/h1-9,13H,17H2,(H,18,19). The average molecular weight is 251 g/mol. The van der Waals surface area contributed by atoms with Crippen LogP contribution in [0.2, 0.25) is 0 Å². The molecule has 0 aliphatic heterocycles. The molecule has 0 saturated carbocycles. The number of hydrogen-bond donors (Lipinski definition) is 2. The van der Waals surface area contributed by atoms with Gasteiger partial charge < -0.3 is 10.8 Å². The third-order valence-electron chi connectivity index (χ3n) is 3.37. The summed E-state index contributed by atoms with van der Waals surface area (Å²) in [7, 11) is 0. The lowest BCUT2D eigenvalue weighted by Crippen LogP contribution is -1.94. The molecular formula is C16H13NO2. The van der Waals surface area contributed by atoms with Crippen LogP contribution in [0.5, 0.6) is 0 Å². The van der Waals surface area contributed by atoms with Crippen LogP contribution in [-0.4, -0.2) is 11.1 Å². The van der Waals surface area contributed by atoms with Gasteiger partial charge in [0.15, 0.2) is 0 Å². The molecule has 0 aromatic heterocycles. The van der Waals surface area contributed by atoms with E-state index in [4.69, 9.17) is 5.73 Å². The predicted molar refractivity (Wildman–Crippen MR) is 74.6 cm³/mol. The number of hydrogen-bond acceptors (Lipinski definition) is 2. The zero-order valence-electron chi connectivity index (χ0n) is 10.2. The summed E-state index contributed by atoms with van der Waals surface area (Å²) in [6.45, 7) is 0. The Bertz CT molecular complexity index is 657. The van der Waals surface area contributed by atoms with Crippen molar-refractivity contribution in [2.45, 2.75) is 5.92 Å². The quantitative estimate of drug-likeness (QED) is 0.824. The first kappa shape index (κ1) is 11.5. The van der Waals surface area contributed by atoms with Gasteiger partial charge in [-0.3, -0.25) is 0 Å². The number of carboxylic acid groups (broad SMARTS) is 1. The number of aliphatic carboxylic acids is 1. The van der Waals surface area contributed by atoms with Gasteiger partial charge in [0.25, 0.3) is 0 Å². The molecule has 0 heterocycles. The van der Waals surface area contributed by atoms with Crippen molar-refractivity contribution in [3.8, 4) is 0 Å². The first-order chi connectivity index (χ1) is 9.18. The van der Waals surface area contributed by atoms with E-state index in [-0.39, 0.29) is 5.92 Å². The number of nitrogens with two attached hydrogens (primary N) is 1. The van der Waals surface area contributed by atoms with E-state index in [1.54, 1.807) is 12.1 Å². The largest absolute Gasteiger partial charge is 0.478 e. The summed E-state index contributed by atoms with van der Waals surface area (Å²) in [4.78, 5) is 11.3. The molecule has 0 bridgehead atoms. The van der Waals surface area contributed by atoms with Gasteiger partial charge in [0.2, 0.25) is 0 Å². The van der Waals surface area contributed by atoms with E-state index >= 15 is 0 Å². The lowest BCUT2D eigenvalue weighted by atomic mass is 10.0. The van der Waals surface area contributed by atoms with Crippen LogP contribution in [0.25, 0.3) is 5.57 Å². The van der Waals surface area contributed by atoms with Crippen molar-refractivity contribution >= 4 is 17.2 Å². The zero-order valence-corrected chi connectivity index (χ0v) is 10.2. The highest BCUT2D eigenvalue weighted by molar-refractivity contribution is 6.12. The molecule has 3 heteroatoms. The number of carboxylic acids is 1. The number of benzene rings is 2. The Labute approximate surface area is 111 Å². The molecule has 0 radical (unpaired) electrons. The van der Waals surface area contributed by atoms with Gasteiger partial charge in [-0.25, -0.2) is 4.79 Å². The second kappa shape index (κ2) is 4.28. The fraction of sp³-hybridized carbons (Fsp3) is 0.0625. The highest BCUT2D eigenvalue weighted by Gasteiger charge is 2.43. The maximum Gasteiger partial charge on any atom is 0.332 e. The van der Waals surface area contributed by atoms with Crippen LogP contribution in [0.15, 0.2) is 60.2 Å². The summed E-state index contributed by atoms with van der Waals surface area (Å²) in [6, 6.07) is 17.0. The molecule has 1 aliphatic rings. The molecular weight excluding hydrogens is 238 g/mol. The van der Waals surface area contributed by atoms with Crippen LogP contribution in [-0.2, 0) is 4.79 Å². The maximum absolute atomic E-state index is 11.3. The first-order valence-electron chi connectivity index (χ1n) is 6.06. The molecule has 1 unspecified atom stereocenters. The van der Waals surface area contributed by atoms with Crippen molar-refractivity contribution in [2.75, 3.05) is 5.73 Å². The Kier molecular flexibility index (Phi) is 2.60. The van der Waals surface area contributed by atoms with E-state index in [1.807, 2.05) is 42.5 Å². The molecule has 94 valence electrons. The zero-order chi connectivity index (χ0) is 13.4. The molecule has 1 aliphatic carbocycles. The third kappa shape index (κ3) is 1.99. The van der Waals surface area contributed by atoms with E-state index in [9.17, 15) is 9.90 Å². The minimum absolute atomic E-state index is 0.0951. The summed E-state index contributed by atoms with van der Waals surface area (Å²) in [6.07, 6.45) is 0. The van der Waals surface area contributed by atoms with Crippen LogP contribution < -0.4 is 5.73 Å². The number of nitrogen functional groups attached to an aromatic ring is 1. The van der Waals surface area contributed by atoms with Gasteiger partial charge in [0, 0.05) is 11.6 Å². The van der Waals surface area contributed by atoms with E-state index in [0.29, 0.717) is 11.3 Å². The van der Waals surface area contributed by atoms with E-state index in [2.05, 4.69) is 0 Å². The monoisotopic (exact) mass is 251 g/mol. The number of allylic oxidation sites excluding steroid dienone is 1. The lowest BCUT2D eigenvalue weighted by molar-refractivity contribution is -0.132. The van der Waals surface area contributed by atoms with E-state index < -0.39 is 5.97 Å². The summed E-state index contributed by atoms with van der Waals surface area (Å²) >= 11 is 0. The number of anilines is 1. The van der Waals surface area contributed by atoms with Gasteiger partial charge in [-0.1, -0.05) is 42.5 Å². The van der Waals surface area contributed by atoms with Gasteiger partial charge in [-0.15, -0.1) is 0 Å². The van der Waals surface area contributed by atoms with Crippen LogP contribution in [0.4, 0.5) is 5.69 Å². The third-order valence-corrected chi connectivity index (χ3v) is 3.37. The summed E-state index contributed by atoms with van der Waals surface area (Å²) in [5, 5.41) is 9.29. The Morgan fingerprint density at radius 1 is 1.00 bits per heavy atom. The maximum atomic E-state index is 11.3. The molecule has 3 nitrogen and oxygen atoms in total. The Hall–Kier alpha value is -2.55. The van der Waals surface area contributed by atoms with Gasteiger partial charge >= 0.3 is 5.97 Å². The van der Waals surface area contributed by atoms with Crippen molar-refractivity contribution < 1.29 is 9.90 Å². The van der Waals surface area contributed by atoms with Crippen molar-refractivity contribution in [2.24, 2.45) is 0 Å². The van der Waals surface area contributed by atoms with Crippen molar-refractivity contribution in [3.05, 3.63) is 71.3 Å². The smallest absolute Gasteiger partial charge is 0.332 e. The number of carbonyl (C=O) groups is 1. The Balaban J connectivity index is 1.99. The normalized spacial score (nSPS) is 17.4. The van der Waals surface area contributed by atoms with Crippen molar-refractivity contribution in [1.82, 2.24) is 0 Å². The fourth-order valence-electron chi connectivity index (χ4n) is 2.42. The number of rotatable bonds is 3. The van der Waals surface area contributed by atoms with E-state index in [1.165, 1.54) is 0 Å². The summed E-state index contributed by atoms with van der Waals surface area (Å²) in [5.41, 5.74) is 9.66. The van der Waals surface area contributed by atoms with Crippen LogP contribution in [0.1, 0.15) is 17.0 Å². The van der Waals surface area contributed by atoms with Gasteiger partial charge in [0.05, 0.1) is 5.57 Å². The van der Waals surface area contributed by atoms with E-state index in [0.717, 1.165) is 16.7 Å². The summed E-state index contributed by atoms with van der Waals surface area (Å²) in [5.74, 6) is -0.942. The molecule has 0 saturated heterocycles. The molecule has 0 fully saturated rings. The molecule has 3 rings (SSSR count).